The van der Waals surface area contributed by atoms with Crippen molar-refractivity contribution >= 4 is 0 Å². The van der Waals surface area contributed by atoms with Crippen molar-refractivity contribution in [2.75, 3.05) is 7.11 Å². The molecule has 0 aliphatic heterocycles. The molecule has 0 atom stereocenters. The fraction of sp³-hybridized carbons (Fsp3) is 0.818. The molecule has 1 aromatic rings. The maximum Gasteiger partial charge on any atom is 0.254 e. The smallest absolute Gasteiger partial charge is 0.254 e. The van der Waals surface area contributed by atoms with Gasteiger partial charge in [0.15, 0.2) is 0 Å². The van der Waals surface area contributed by atoms with Gasteiger partial charge in [0.1, 0.15) is 12.2 Å². The van der Waals surface area contributed by atoms with Gasteiger partial charge in [-0.05, 0) is 31.6 Å². The molecule has 1 heterocycles. The van der Waals surface area contributed by atoms with Crippen molar-refractivity contribution in [3.05, 3.63) is 11.7 Å². The lowest BCUT2D eigenvalue weighted by Crippen LogP contribution is -2.34. The van der Waals surface area contributed by atoms with E-state index in [1.807, 2.05) is 0 Å². The Labute approximate surface area is 100 Å². The van der Waals surface area contributed by atoms with Crippen LogP contribution in [0.4, 0.5) is 0 Å². The molecule has 1 aliphatic rings. The molecule has 96 valence electrons. The lowest BCUT2D eigenvalue weighted by atomic mass is 9.79. The fourth-order valence-corrected chi connectivity index (χ4v) is 2.32. The van der Waals surface area contributed by atoms with Crippen LogP contribution in [0.3, 0.4) is 0 Å². The molecule has 2 N–H and O–H groups in total. The molecular formula is C11H19N3O3. The van der Waals surface area contributed by atoms with Crippen molar-refractivity contribution in [2.24, 2.45) is 11.8 Å². The van der Waals surface area contributed by atoms with Crippen molar-refractivity contribution in [3.8, 4) is 0 Å². The van der Waals surface area contributed by atoms with E-state index in [0.717, 1.165) is 31.6 Å². The van der Waals surface area contributed by atoms with E-state index in [0.29, 0.717) is 11.7 Å². The summed E-state index contributed by atoms with van der Waals surface area (Å²) >= 11 is 0. The minimum Gasteiger partial charge on any atom is -0.370 e. The molecule has 0 unspecified atom stereocenters. The maximum atomic E-state index is 5.65. The SMILES string of the molecule is COC1(c2noc(CON)n2)CCC(C)CC1. The number of rotatable bonds is 4. The lowest BCUT2D eigenvalue weighted by molar-refractivity contribution is -0.0609. The molecule has 1 fully saturated rings. The number of hydrogen-bond donors (Lipinski definition) is 1. The topological polar surface area (TPSA) is 83.4 Å². The molecule has 0 bridgehead atoms. The standard InChI is InChI=1S/C11H19N3O3/c1-8-3-5-11(15-2,6-4-8)10-13-9(7-16-12)17-14-10/h8H,3-7,12H2,1-2H3. The summed E-state index contributed by atoms with van der Waals surface area (Å²) < 4.78 is 10.7. The van der Waals surface area contributed by atoms with Gasteiger partial charge in [-0.1, -0.05) is 12.1 Å². The third kappa shape index (κ3) is 2.48. The van der Waals surface area contributed by atoms with Crippen molar-refractivity contribution in [3.63, 3.8) is 0 Å². The summed E-state index contributed by atoms with van der Waals surface area (Å²) in [7, 11) is 1.70. The summed E-state index contributed by atoms with van der Waals surface area (Å²) in [6.07, 6.45) is 4.08. The van der Waals surface area contributed by atoms with E-state index in [2.05, 4.69) is 21.9 Å². The van der Waals surface area contributed by atoms with Crippen LogP contribution in [-0.4, -0.2) is 17.3 Å². The highest BCUT2D eigenvalue weighted by atomic mass is 16.6. The monoisotopic (exact) mass is 241 g/mol. The Morgan fingerprint density at radius 3 is 2.76 bits per heavy atom. The minimum absolute atomic E-state index is 0.128. The molecule has 1 aromatic heterocycles. The van der Waals surface area contributed by atoms with Crippen molar-refractivity contribution in [1.82, 2.24) is 10.1 Å². The summed E-state index contributed by atoms with van der Waals surface area (Å²) in [6, 6.07) is 0. The van der Waals surface area contributed by atoms with Gasteiger partial charge in [0.05, 0.1) is 0 Å². The molecule has 0 spiro atoms. The first-order valence-electron chi connectivity index (χ1n) is 5.90. The quantitative estimate of drug-likeness (QED) is 0.804. The van der Waals surface area contributed by atoms with E-state index in [-0.39, 0.29) is 6.61 Å². The number of ether oxygens (including phenoxy) is 1. The summed E-state index contributed by atoms with van der Waals surface area (Å²) in [5, 5.41) is 3.98. The van der Waals surface area contributed by atoms with Crippen LogP contribution < -0.4 is 5.90 Å². The number of hydrogen-bond acceptors (Lipinski definition) is 6. The van der Waals surface area contributed by atoms with E-state index in [1.165, 1.54) is 0 Å². The van der Waals surface area contributed by atoms with Gasteiger partial charge >= 0.3 is 0 Å². The first-order valence-corrected chi connectivity index (χ1v) is 5.90. The van der Waals surface area contributed by atoms with E-state index in [4.69, 9.17) is 15.2 Å². The lowest BCUT2D eigenvalue weighted by Gasteiger charge is -2.35. The van der Waals surface area contributed by atoms with Crippen molar-refractivity contribution < 1.29 is 14.1 Å². The summed E-state index contributed by atoms with van der Waals surface area (Å²) in [6.45, 7) is 2.38. The van der Waals surface area contributed by atoms with Gasteiger partial charge in [-0.25, -0.2) is 5.90 Å². The van der Waals surface area contributed by atoms with Gasteiger partial charge in [-0.15, -0.1) is 0 Å². The van der Waals surface area contributed by atoms with Crippen LogP contribution >= 0.6 is 0 Å². The largest absolute Gasteiger partial charge is 0.370 e. The highest BCUT2D eigenvalue weighted by Crippen LogP contribution is 2.40. The van der Waals surface area contributed by atoms with Crippen LogP contribution in [0.5, 0.6) is 0 Å². The first kappa shape index (κ1) is 12.5. The Bertz CT molecular complexity index is 359. The van der Waals surface area contributed by atoms with Gasteiger partial charge in [0.25, 0.3) is 5.89 Å². The molecule has 0 saturated heterocycles. The molecule has 0 amide bonds. The Balaban J connectivity index is 2.16. The van der Waals surface area contributed by atoms with Crippen LogP contribution in [0, 0.1) is 5.92 Å². The predicted molar refractivity (Wildman–Crippen MR) is 59.6 cm³/mol. The van der Waals surface area contributed by atoms with Crippen LogP contribution in [0.15, 0.2) is 4.52 Å². The van der Waals surface area contributed by atoms with E-state index < -0.39 is 5.60 Å². The van der Waals surface area contributed by atoms with Gasteiger partial charge in [0, 0.05) is 7.11 Å². The summed E-state index contributed by atoms with van der Waals surface area (Å²) in [4.78, 5) is 8.76. The zero-order valence-electron chi connectivity index (χ0n) is 10.3. The summed E-state index contributed by atoms with van der Waals surface area (Å²) in [5.74, 6) is 6.70. The van der Waals surface area contributed by atoms with Crippen LogP contribution in [0.1, 0.15) is 44.3 Å². The van der Waals surface area contributed by atoms with Crippen LogP contribution in [0.25, 0.3) is 0 Å². The molecule has 17 heavy (non-hydrogen) atoms. The Morgan fingerprint density at radius 2 is 2.18 bits per heavy atom. The predicted octanol–water partition coefficient (Wildman–Crippen LogP) is 1.51. The van der Waals surface area contributed by atoms with Gasteiger partial charge in [-0.3, -0.25) is 4.84 Å². The zero-order chi connectivity index (χ0) is 12.3. The number of methoxy groups -OCH3 is 1. The highest BCUT2D eigenvalue weighted by molar-refractivity contribution is 5.03. The molecule has 2 rings (SSSR count). The first-order chi connectivity index (χ1) is 8.20. The van der Waals surface area contributed by atoms with E-state index in [9.17, 15) is 0 Å². The molecule has 1 aliphatic carbocycles. The molecule has 1 saturated carbocycles. The third-order valence-corrected chi connectivity index (χ3v) is 3.56. The molecule has 0 radical (unpaired) electrons. The van der Waals surface area contributed by atoms with Crippen molar-refractivity contribution in [2.45, 2.75) is 44.8 Å². The van der Waals surface area contributed by atoms with Crippen LogP contribution in [0.2, 0.25) is 0 Å². The average molecular weight is 241 g/mol. The van der Waals surface area contributed by atoms with Crippen LogP contribution in [-0.2, 0) is 21.8 Å². The third-order valence-electron chi connectivity index (χ3n) is 3.56. The second kappa shape index (κ2) is 5.12. The van der Waals surface area contributed by atoms with E-state index >= 15 is 0 Å². The number of nitrogens with zero attached hydrogens (tertiary/aromatic N) is 2. The highest BCUT2D eigenvalue weighted by Gasteiger charge is 2.40. The van der Waals surface area contributed by atoms with E-state index in [1.54, 1.807) is 7.11 Å². The number of aromatic nitrogens is 2. The van der Waals surface area contributed by atoms with Gasteiger partial charge in [-0.2, -0.15) is 4.98 Å². The van der Waals surface area contributed by atoms with Gasteiger partial charge < -0.3 is 9.26 Å². The second-order valence-corrected chi connectivity index (χ2v) is 4.70. The van der Waals surface area contributed by atoms with Crippen molar-refractivity contribution in [1.29, 1.82) is 0 Å². The minimum atomic E-state index is -0.400. The molecular weight excluding hydrogens is 222 g/mol. The Morgan fingerprint density at radius 1 is 1.47 bits per heavy atom. The Hall–Kier alpha value is -0.980. The average Bonchev–Trinajstić information content (AvgIpc) is 2.80. The molecule has 6 heteroatoms. The molecule has 6 nitrogen and oxygen atoms in total. The number of nitrogens with two attached hydrogens (primary N) is 1. The normalized spacial score (nSPS) is 29.5. The Kier molecular flexibility index (Phi) is 3.76. The maximum absolute atomic E-state index is 5.65. The summed E-state index contributed by atoms with van der Waals surface area (Å²) in [5.41, 5.74) is -0.400. The van der Waals surface area contributed by atoms with Gasteiger partial charge in [0.2, 0.25) is 5.82 Å². The molecule has 0 aromatic carbocycles. The fourth-order valence-electron chi connectivity index (χ4n) is 2.32. The zero-order valence-corrected chi connectivity index (χ0v) is 10.3. The second-order valence-electron chi connectivity index (χ2n) is 4.70.